The number of aliphatic hydroxyl groups excluding tert-OH is 1. The maximum absolute atomic E-state index is 13.6. The normalized spacial score (nSPS) is 23.2. The molecule has 0 aliphatic carbocycles. The Kier molecular flexibility index (Phi) is 4.74. The van der Waals surface area contributed by atoms with E-state index in [4.69, 9.17) is 9.84 Å². The average molecular weight is 267 g/mol. The first kappa shape index (κ1) is 13.8. The van der Waals surface area contributed by atoms with Crippen molar-refractivity contribution >= 4 is 6.09 Å². The number of nitrogens with zero attached hydrogens (tertiary/aromatic N) is 1. The highest BCUT2D eigenvalue weighted by Gasteiger charge is 2.31. The monoisotopic (exact) mass is 267 g/mol. The number of likely N-dealkylation sites (tertiary alicyclic amines) is 1. The van der Waals surface area contributed by atoms with E-state index in [1.54, 1.807) is 0 Å². The molecular formula is C14H18FNO3. The van der Waals surface area contributed by atoms with Crippen LogP contribution in [0.25, 0.3) is 0 Å². The third kappa shape index (κ3) is 3.67. The van der Waals surface area contributed by atoms with Crippen LogP contribution in [0.4, 0.5) is 9.18 Å². The summed E-state index contributed by atoms with van der Waals surface area (Å²) in [7, 11) is 0. The van der Waals surface area contributed by atoms with Gasteiger partial charge in [-0.2, -0.15) is 0 Å². The second-order valence-corrected chi connectivity index (χ2v) is 4.73. The van der Waals surface area contributed by atoms with Crippen LogP contribution in [0.3, 0.4) is 0 Å². The highest BCUT2D eigenvalue weighted by molar-refractivity contribution is 5.67. The number of halogens is 1. The van der Waals surface area contributed by atoms with Gasteiger partial charge in [0.2, 0.25) is 0 Å². The second-order valence-electron chi connectivity index (χ2n) is 4.73. The van der Waals surface area contributed by atoms with Gasteiger partial charge in [0.05, 0.1) is 6.54 Å². The first-order valence-corrected chi connectivity index (χ1v) is 6.41. The van der Waals surface area contributed by atoms with Crippen LogP contribution in [0.1, 0.15) is 12.0 Å². The molecule has 0 spiro atoms. The zero-order valence-corrected chi connectivity index (χ0v) is 10.7. The van der Waals surface area contributed by atoms with E-state index >= 15 is 0 Å². The summed E-state index contributed by atoms with van der Waals surface area (Å²) in [6.45, 7) is 0.447. The minimum atomic E-state index is -1.18. The van der Waals surface area contributed by atoms with Crippen LogP contribution in [0.2, 0.25) is 0 Å². The Balaban J connectivity index is 1.81. The Hall–Kier alpha value is -1.62. The molecule has 1 aliphatic rings. The number of carbonyl (C=O) groups excluding carboxylic acids is 1. The summed E-state index contributed by atoms with van der Waals surface area (Å²) < 4.78 is 18.8. The van der Waals surface area contributed by atoms with Crippen molar-refractivity contribution in [2.75, 3.05) is 19.7 Å². The van der Waals surface area contributed by atoms with Crippen molar-refractivity contribution in [3.63, 3.8) is 0 Å². The van der Waals surface area contributed by atoms with E-state index in [-0.39, 0.29) is 25.7 Å². The number of carbonyl (C=O) groups is 1. The van der Waals surface area contributed by atoms with Crippen molar-refractivity contribution in [3.05, 3.63) is 35.9 Å². The highest BCUT2D eigenvalue weighted by atomic mass is 19.1. The van der Waals surface area contributed by atoms with Gasteiger partial charge in [0, 0.05) is 19.1 Å². The van der Waals surface area contributed by atoms with Crippen LogP contribution in [0.5, 0.6) is 0 Å². The largest absolute Gasteiger partial charge is 0.445 e. The smallest absolute Gasteiger partial charge is 0.410 e. The molecule has 1 N–H and O–H groups in total. The molecule has 104 valence electrons. The molecule has 1 aliphatic heterocycles. The second kappa shape index (κ2) is 6.52. The Labute approximate surface area is 111 Å². The third-order valence-corrected chi connectivity index (χ3v) is 3.37. The number of alkyl halides is 1. The quantitative estimate of drug-likeness (QED) is 0.911. The van der Waals surface area contributed by atoms with Gasteiger partial charge in [0.15, 0.2) is 0 Å². The third-order valence-electron chi connectivity index (χ3n) is 3.37. The molecule has 1 heterocycles. The lowest BCUT2D eigenvalue weighted by molar-refractivity contribution is 0.0344. The van der Waals surface area contributed by atoms with Crippen LogP contribution in [0.15, 0.2) is 30.3 Å². The lowest BCUT2D eigenvalue weighted by atomic mass is 9.96. The van der Waals surface area contributed by atoms with E-state index in [1.165, 1.54) is 4.90 Å². The standard InChI is InChI=1S/C14H18FNO3/c15-13-8-16(7-6-12(13)9-17)14(18)19-10-11-4-2-1-3-5-11/h1-5,12-13,17H,6-10H2/t12-,13-/m1/s1. The summed E-state index contributed by atoms with van der Waals surface area (Å²) >= 11 is 0. The molecule has 1 aromatic carbocycles. The lowest BCUT2D eigenvalue weighted by Gasteiger charge is -2.33. The first-order chi connectivity index (χ1) is 9.20. The highest BCUT2D eigenvalue weighted by Crippen LogP contribution is 2.20. The number of ether oxygens (including phenoxy) is 1. The summed E-state index contributed by atoms with van der Waals surface area (Å²) in [5.41, 5.74) is 0.901. The fraction of sp³-hybridized carbons (Fsp3) is 0.500. The van der Waals surface area contributed by atoms with E-state index in [9.17, 15) is 9.18 Å². The number of hydrogen-bond acceptors (Lipinski definition) is 3. The van der Waals surface area contributed by atoms with Crippen LogP contribution in [-0.4, -0.2) is 42.0 Å². The lowest BCUT2D eigenvalue weighted by Crippen LogP contribution is -2.46. The number of hydrogen-bond donors (Lipinski definition) is 1. The van der Waals surface area contributed by atoms with Gasteiger partial charge in [-0.25, -0.2) is 9.18 Å². The van der Waals surface area contributed by atoms with Gasteiger partial charge in [0.25, 0.3) is 0 Å². The number of rotatable bonds is 3. The molecule has 5 heteroatoms. The molecule has 0 aromatic heterocycles. The molecule has 0 radical (unpaired) electrons. The van der Waals surface area contributed by atoms with Crippen LogP contribution < -0.4 is 0 Å². The number of amides is 1. The van der Waals surface area contributed by atoms with Gasteiger partial charge in [0.1, 0.15) is 12.8 Å². The molecule has 1 aromatic rings. The molecule has 2 atom stereocenters. The number of piperidine rings is 1. The molecule has 0 bridgehead atoms. The van der Waals surface area contributed by atoms with E-state index in [1.807, 2.05) is 30.3 Å². The molecule has 1 saturated heterocycles. The van der Waals surface area contributed by atoms with Crippen LogP contribution in [-0.2, 0) is 11.3 Å². The van der Waals surface area contributed by atoms with Gasteiger partial charge in [-0.3, -0.25) is 0 Å². The Morgan fingerprint density at radius 3 is 2.79 bits per heavy atom. The maximum Gasteiger partial charge on any atom is 0.410 e. The topological polar surface area (TPSA) is 49.8 Å². The van der Waals surface area contributed by atoms with E-state index < -0.39 is 12.3 Å². The van der Waals surface area contributed by atoms with Gasteiger partial charge >= 0.3 is 6.09 Å². The molecule has 2 rings (SSSR count). The predicted molar refractivity (Wildman–Crippen MR) is 68.3 cm³/mol. The van der Waals surface area contributed by atoms with Gasteiger partial charge < -0.3 is 14.7 Å². The number of aliphatic hydroxyl groups is 1. The summed E-state index contributed by atoms with van der Waals surface area (Å²) in [6.07, 6.45) is -1.20. The van der Waals surface area contributed by atoms with Crippen molar-refractivity contribution in [2.45, 2.75) is 19.2 Å². The SMILES string of the molecule is O=C(OCc1ccccc1)N1CC[C@H](CO)[C@H](F)C1. The summed E-state index contributed by atoms with van der Waals surface area (Å²) in [4.78, 5) is 13.1. The molecule has 4 nitrogen and oxygen atoms in total. The Bertz CT molecular complexity index is 412. The molecule has 1 amide bonds. The molecule has 0 saturated carbocycles. The van der Waals surface area contributed by atoms with Crippen molar-refractivity contribution in [1.82, 2.24) is 4.90 Å². The summed E-state index contributed by atoms with van der Waals surface area (Å²) in [6, 6.07) is 9.35. The van der Waals surface area contributed by atoms with Crippen molar-refractivity contribution in [3.8, 4) is 0 Å². The minimum Gasteiger partial charge on any atom is -0.445 e. The molecular weight excluding hydrogens is 249 g/mol. The minimum absolute atomic E-state index is 0.00114. The Morgan fingerprint density at radius 1 is 1.42 bits per heavy atom. The van der Waals surface area contributed by atoms with Gasteiger partial charge in [-0.05, 0) is 12.0 Å². The Morgan fingerprint density at radius 2 is 2.16 bits per heavy atom. The zero-order valence-electron chi connectivity index (χ0n) is 10.7. The summed E-state index contributed by atoms with van der Waals surface area (Å²) in [5, 5.41) is 8.96. The van der Waals surface area contributed by atoms with Crippen molar-refractivity contribution < 1.29 is 19.0 Å². The fourth-order valence-electron chi connectivity index (χ4n) is 2.14. The van der Waals surface area contributed by atoms with E-state index in [0.29, 0.717) is 13.0 Å². The predicted octanol–water partition coefficient (Wildman–Crippen LogP) is 1.98. The van der Waals surface area contributed by atoms with Gasteiger partial charge in [-0.1, -0.05) is 30.3 Å². The van der Waals surface area contributed by atoms with Crippen LogP contribution in [0, 0.1) is 5.92 Å². The van der Waals surface area contributed by atoms with E-state index in [2.05, 4.69) is 0 Å². The fourth-order valence-corrected chi connectivity index (χ4v) is 2.14. The van der Waals surface area contributed by atoms with Crippen molar-refractivity contribution in [2.24, 2.45) is 5.92 Å². The molecule has 0 unspecified atom stereocenters. The molecule has 19 heavy (non-hydrogen) atoms. The average Bonchev–Trinajstić information content (AvgIpc) is 2.45. The van der Waals surface area contributed by atoms with Gasteiger partial charge in [-0.15, -0.1) is 0 Å². The first-order valence-electron chi connectivity index (χ1n) is 6.41. The van der Waals surface area contributed by atoms with Crippen LogP contribution >= 0.6 is 0 Å². The maximum atomic E-state index is 13.6. The van der Waals surface area contributed by atoms with Crippen molar-refractivity contribution in [1.29, 1.82) is 0 Å². The summed E-state index contributed by atoms with van der Waals surface area (Å²) in [5.74, 6) is -0.363. The number of benzene rings is 1. The molecule has 1 fully saturated rings. The zero-order chi connectivity index (χ0) is 13.7. The van der Waals surface area contributed by atoms with E-state index in [0.717, 1.165) is 5.56 Å².